The first-order chi connectivity index (χ1) is 8.97. The summed E-state index contributed by atoms with van der Waals surface area (Å²) in [5, 5.41) is 14.4. The van der Waals surface area contributed by atoms with E-state index in [0.29, 0.717) is 17.6 Å². The Hall–Kier alpha value is -1.62. The maximum atomic E-state index is 10.9. The van der Waals surface area contributed by atoms with Crippen molar-refractivity contribution >= 4 is 11.4 Å². The van der Waals surface area contributed by atoms with Gasteiger partial charge in [-0.15, -0.1) is 0 Å². The average Bonchev–Trinajstić information content (AvgIpc) is 2.35. The maximum absolute atomic E-state index is 10.9. The van der Waals surface area contributed by atoms with E-state index in [4.69, 9.17) is 5.73 Å². The third kappa shape index (κ3) is 3.23. The Kier molecular flexibility index (Phi) is 4.04. The fourth-order valence-corrected chi connectivity index (χ4v) is 2.64. The highest BCUT2D eigenvalue weighted by Crippen LogP contribution is 2.28. The van der Waals surface area contributed by atoms with E-state index in [1.807, 2.05) is 13.0 Å². The van der Waals surface area contributed by atoms with E-state index >= 15 is 0 Å². The van der Waals surface area contributed by atoms with E-state index in [0.717, 1.165) is 36.9 Å². The number of hydrogen-bond acceptors (Lipinski definition) is 4. The Morgan fingerprint density at radius 2 is 1.84 bits per heavy atom. The molecule has 104 valence electrons. The second kappa shape index (κ2) is 5.57. The van der Waals surface area contributed by atoms with Crippen LogP contribution in [0, 0.1) is 24.0 Å². The summed E-state index contributed by atoms with van der Waals surface area (Å²) in [5.41, 5.74) is 8.71. The number of nitrogens with two attached hydrogens (primary N) is 1. The lowest BCUT2D eigenvalue weighted by atomic mass is 9.91. The second-order valence-electron chi connectivity index (χ2n) is 5.47. The zero-order valence-corrected chi connectivity index (χ0v) is 11.5. The molecule has 1 fully saturated rings. The van der Waals surface area contributed by atoms with E-state index in [-0.39, 0.29) is 10.6 Å². The van der Waals surface area contributed by atoms with Crippen molar-refractivity contribution in [2.75, 3.05) is 5.32 Å². The normalized spacial score (nSPS) is 23.1. The molecule has 3 N–H and O–H groups in total. The van der Waals surface area contributed by atoms with Gasteiger partial charge in [-0.2, -0.15) is 0 Å². The van der Waals surface area contributed by atoms with Crippen LogP contribution in [0.4, 0.5) is 11.4 Å². The van der Waals surface area contributed by atoms with Crippen LogP contribution >= 0.6 is 0 Å². The molecule has 0 heterocycles. The summed E-state index contributed by atoms with van der Waals surface area (Å²) in [4.78, 5) is 10.6. The fourth-order valence-electron chi connectivity index (χ4n) is 2.64. The number of hydrogen-bond donors (Lipinski definition) is 2. The van der Waals surface area contributed by atoms with Gasteiger partial charge in [-0.3, -0.25) is 10.1 Å². The monoisotopic (exact) mass is 263 g/mol. The Balaban J connectivity index is 2.13. The molecule has 0 aliphatic heterocycles. The lowest BCUT2D eigenvalue weighted by Gasteiger charge is -2.28. The van der Waals surface area contributed by atoms with Crippen LogP contribution in [-0.2, 0) is 0 Å². The Morgan fingerprint density at radius 1 is 1.21 bits per heavy atom. The standard InChI is InChI=1S/C14H21N3O2/c1-9-8-14(17(18)19)10(2)7-13(9)16-12-5-3-11(15)4-6-12/h7-8,11-12,16H,3-6,15H2,1-2H3. The van der Waals surface area contributed by atoms with Crippen molar-refractivity contribution in [1.82, 2.24) is 0 Å². The molecule has 0 radical (unpaired) electrons. The van der Waals surface area contributed by atoms with Gasteiger partial charge in [0.05, 0.1) is 4.92 Å². The molecule has 5 nitrogen and oxygen atoms in total. The highest BCUT2D eigenvalue weighted by molar-refractivity contribution is 5.59. The minimum atomic E-state index is -0.328. The molecule has 0 amide bonds. The smallest absolute Gasteiger partial charge is 0.272 e. The second-order valence-corrected chi connectivity index (χ2v) is 5.47. The molecule has 19 heavy (non-hydrogen) atoms. The third-order valence-electron chi connectivity index (χ3n) is 3.87. The zero-order chi connectivity index (χ0) is 14.0. The van der Waals surface area contributed by atoms with Gasteiger partial charge in [0.25, 0.3) is 5.69 Å². The Bertz CT molecular complexity index is 480. The highest BCUT2D eigenvalue weighted by Gasteiger charge is 2.20. The number of nitrogens with one attached hydrogen (secondary N) is 1. The van der Waals surface area contributed by atoms with Gasteiger partial charge >= 0.3 is 0 Å². The zero-order valence-electron chi connectivity index (χ0n) is 11.5. The first-order valence-corrected chi connectivity index (χ1v) is 6.75. The van der Waals surface area contributed by atoms with Crippen molar-refractivity contribution in [3.8, 4) is 0 Å². The number of nitro benzene ring substituents is 1. The number of rotatable bonds is 3. The molecular weight excluding hydrogens is 242 g/mol. The highest BCUT2D eigenvalue weighted by atomic mass is 16.6. The molecular formula is C14H21N3O2. The van der Waals surface area contributed by atoms with Gasteiger partial charge in [0, 0.05) is 29.4 Å². The summed E-state index contributed by atoms with van der Waals surface area (Å²) in [6.45, 7) is 3.68. The van der Waals surface area contributed by atoms with Crippen LogP contribution in [0.25, 0.3) is 0 Å². The van der Waals surface area contributed by atoms with Crippen LogP contribution < -0.4 is 11.1 Å². The molecule has 0 saturated heterocycles. The maximum Gasteiger partial charge on any atom is 0.272 e. The van der Waals surface area contributed by atoms with Crippen molar-refractivity contribution in [1.29, 1.82) is 0 Å². The van der Waals surface area contributed by atoms with Crippen LogP contribution in [0.3, 0.4) is 0 Å². The van der Waals surface area contributed by atoms with Crippen LogP contribution in [0.5, 0.6) is 0 Å². The fraction of sp³-hybridized carbons (Fsp3) is 0.571. The number of anilines is 1. The van der Waals surface area contributed by atoms with Gasteiger partial charge in [0.1, 0.15) is 0 Å². The number of aryl methyl sites for hydroxylation is 2. The molecule has 0 unspecified atom stereocenters. The molecule has 5 heteroatoms. The van der Waals surface area contributed by atoms with Gasteiger partial charge in [-0.05, 0) is 51.2 Å². The third-order valence-corrected chi connectivity index (χ3v) is 3.87. The molecule has 1 aliphatic carbocycles. The summed E-state index contributed by atoms with van der Waals surface area (Å²) in [6, 6.07) is 4.28. The van der Waals surface area contributed by atoms with Crippen LogP contribution in [0.2, 0.25) is 0 Å². The SMILES string of the molecule is Cc1cc([N+](=O)[O-])c(C)cc1NC1CCC(N)CC1. The molecule has 0 bridgehead atoms. The van der Waals surface area contributed by atoms with Gasteiger partial charge in [-0.1, -0.05) is 0 Å². The molecule has 1 aromatic carbocycles. The lowest BCUT2D eigenvalue weighted by Crippen LogP contribution is -2.33. The van der Waals surface area contributed by atoms with Gasteiger partial charge in [-0.25, -0.2) is 0 Å². The summed E-state index contributed by atoms with van der Waals surface area (Å²) in [5.74, 6) is 0. The van der Waals surface area contributed by atoms with Gasteiger partial charge in [0.15, 0.2) is 0 Å². The first-order valence-electron chi connectivity index (χ1n) is 6.75. The van der Waals surface area contributed by atoms with E-state index in [1.54, 1.807) is 13.0 Å². The van der Waals surface area contributed by atoms with Crippen molar-refractivity contribution in [3.05, 3.63) is 33.4 Å². The minimum absolute atomic E-state index is 0.189. The summed E-state index contributed by atoms with van der Waals surface area (Å²) in [7, 11) is 0. The van der Waals surface area contributed by atoms with E-state index in [9.17, 15) is 10.1 Å². The van der Waals surface area contributed by atoms with E-state index < -0.39 is 0 Å². The van der Waals surface area contributed by atoms with Gasteiger partial charge in [0.2, 0.25) is 0 Å². The molecule has 0 atom stereocenters. The van der Waals surface area contributed by atoms with Crippen molar-refractivity contribution in [2.45, 2.75) is 51.6 Å². The van der Waals surface area contributed by atoms with Crippen molar-refractivity contribution in [2.24, 2.45) is 5.73 Å². The first kappa shape index (κ1) is 13.8. The Morgan fingerprint density at radius 3 is 2.42 bits per heavy atom. The quantitative estimate of drug-likeness (QED) is 0.649. The summed E-state index contributed by atoms with van der Waals surface area (Å²) >= 11 is 0. The van der Waals surface area contributed by atoms with Gasteiger partial charge < -0.3 is 11.1 Å². The molecule has 0 spiro atoms. The number of nitrogens with zero attached hydrogens (tertiary/aromatic N) is 1. The summed E-state index contributed by atoms with van der Waals surface area (Å²) in [6.07, 6.45) is 4.22. The van der Waals surface area contributed by atoms with Crippen molar-refractivity contribution in [3.63, 3.8) is 0 Å². The van der Waals surface area contributed by atoms with Crippen LogP contribution in [-0.4, -0.2) is 17.0 Å². The van der Waals surface area contributed by atoms with Crippen LogP contribution in [0.1, 0.15) is 36.8 Å². The number of benzene rings is 1. The van der Waals surface area contributed by atoms with Crippen LogP contribution in [0.15, 0.2) is 12.1 Å². The predicted molar refractivity (Wildman–Crippen MR) is 76.4 cm³/mol. The summed E-state index contributed by atoms with van der Waals surface area (Å²) < 4.78 is 0. The minimum Gasteiger partial charge on any atom is -0.382 e. The van der Waals surface area contributed by atoms with Crippen molar-refractivity contribution < 1.29 is 4.92 Å². The van der Waals surface area contributed by atoms with E-state index in [1.165, 1.54) is 0 Å². The largest absolute Gasteiger partial charge is 0.382 e. The molecule has 1 saturated carbocycles. The Labute approximate surface area is 113 Å². The predicted octanol–water partition coefficient (Wildman–Crippen LogP) is 2.89. The molecule has 1 aromatic rings. The van der Waals surface area contributed by atoms with E-state index in [2.05, 4.69) is 5.32 Å². The molecule has 2 rings (SSSR count). The number of nitro groups is 1. The average molecular weight is 263 g/mol. The topological polar surface area (TPSA) is 81.2 Å². The molecule has 0 aromatic heterocycles. The molecule has 1 aliphatic rings. The lowest BCUT2D eigenvalue weighted by molar-refractivity contribution is -0.385.